The minimum atomic E-state index is 0.196. The summed E-state index contributed by atoms with van der Waals surface area (Å²) in [4.78, 5) is 12.5. The molecule has 1 aromatic carbocycles. The van der Waals surface area contributed by atoms with Crippen molar-refractivity contribution >= 4 is 5.78 Å². The summed E-state index contributed by atoms with van der Waals surface area (Å²) < 4.78 is 1.99. The smallest absolute Gasteiger partial charge is 0.182 e. The van der Waals surface area contributed by atoms with Gasteiger partial charge in [0, 0.05) is 17.3 Å². The lowest BCUT2D eigenvalue weighted by atomic mass is 9.81. The first-order chi connectivity index (χ1) is 9.70. The summed E-state index contributed by atoms with van der Waals surface area (Å²) in [6, 6.07) is 13.4. The van der Waals surface area contributed by atoms with Crippen molar-refractivity contribution in [3.05, 3.63) is 53.3 Å². The van der Waals surface area contributed by atoms with Gasteiger partial charge in [0.1, 0.15) is 0 Å². The van der Waals surface area contributed by atoms with Crippen molar-refractivity contribution < 1.29 is 4.79 Å². The standard InChI is InChI=1S/C17H16N2O/c1-12-5-10-16(17(20)14-3-2-4-14)19(12)15-8-6-13(11-18)7-9-15/h5-10,14H,2-4H2,1H3. The average molecular weight is 264 g/mol. The van der Waals surface area contributed by atoms with E-state index in [1.54, 1.807) is 12.1 Å². The maximum Gasteiger partial charge on any atom is 0.182 e. The monoisotopic (exact) mass is 264 g/mol. The summed E-state index contributed by atoms with van der Waals surface area (Å²) in [7, 11) is 0. The van der Waals surface area contributed by atoms with E-state index in [9.17, 15) is 4.79 Å². The molecular weight excluding hydrogens is 248 g/mol. The van der Waals surface area contributed by atoms with Crippen molar-refractivity contribution in [2.75, 3.05) is 0 Å². The Labute approximate surface area is 118 Å². The minimum absolute atomic E-state index is 0.196. The molecule has 100 valence electrons. The number of benzene rings is 1. The van der Waals surface area contributed by atoms with E-state index >= 15 is 0 Å². The van der Waals surface area contributed by atoms with Gasteiger partial charge in [-0.3, -0.25) is 4.79 Å². The molecule has 2 aromatic rings. The zero-order chi connectivity index (χ0) is 14.1. The molecule has 0 spiro atoms. The number of aromatic nitrogens is 1. The number of hydrogen-bond acceptors (Lipinski definition) is 2. The fourth-order valence-corrected chi connectivity index (χ4v) is 2.64. The number of carbonyl (C=O) groups is 1. The van der Waals surface area contributed by atoms with E-state index in [0.29, 0.717) is 5.56 Å². The molecule has 3 rings (SSSR count). The van der Waals surface area contributed by atoms with E-state index in [2.05, 4.69) is 6.07 Å². The number of carbonyl (C=O) groups excluding carboxylic acids is 1. The molecule has 0 bridgehead atoms. The van der Waals surface area contributed by atoms with Crippen LogP contribution in [0.25, 0.3) is 5.69 Å². The van der Waals surface area contributed by atoms with Gasteiger partial charge in [-0.1, -0.05) is 6.42 Å². The molecule has 20 heavy (non-hydrogen) atoms. The molecule has 1 fully saturated rings. The van der Waals surface area contributed by atoms with Gasteiger partial charge < -0.3 is 4.57 Å². The lowest BCUT2D eigenvalue weighted by molar-refractivity contribution is 0.0847. The minimum Gasteiger partial charge on any atom is -0.311 e. The van der Waals surface area contributed by atoms with Crippen LogP contribution < -0.4 is 0 Å². The van der Waals surface area contributed by atoms with Gasteiger partial charge in [0.25, 0.3) is 0 Å². The van der Waals surface area contributed by atoms with Gasteiger partial charge >= 0.3 is 0 Å². The van der Waals surface area contributed by atoms with Gasteiger partial charge in [0.2, 0.25) is 0 Å². The second-order valence-corrected chi connectivity index (χ2v) is 5.35. The maximum atomic E-state index is 12.5. The predicted molar refractivity (Wildman–Crippen MR) is 76.9 cm³/mol. The van der Waals surface area contributed by atoms with Gasteiger partial charge in [-0.05, 0) is 56.2 Å². The van der Waals surface area contributed by atoms with Crippen LogP contribution in [0.5, 0.6) is 0 Å². The maximum absolute atomic E-state index is 12.5. The number of aryl methyl sites for hydroxylation is 1. The first-order valence-corrected chi connectivity index (χ1v) is 6.94. The highest BCUT2D eigenvalue weighted by molar-refractivity contribution is 5.97. The number of ketones is 1. The third-order valence-corrected chi connectivity index (χ3v) is 4.06. The topological polar surface area (TPSA) is 45.8 Å². The Kier molecular flexibility index (Phi) is 3.15. The van der Waals surface area contributed by atoms with Gasteiger partial charge in [-0.15, -0.1) is 0 Å². The zero-order valence-corrected chi connectivity index (χ0v) is 11.5. The molecule has 0 atom stereocenters. The number of hydrogen-bond donors (Lipinski definition) is 0. The largest absolute Gasteiger partial charge is 0.311 e. The Morgan fingerprint density at radius 2 is 1.90 bits per heavy atom. The zero-order valence-electron chi connectivity index (χ0n) is 11.5. The normalized spacial score (nSPS) is 14.6. The predicted octanol–water partition coefficient (Wildman–Crippen LogP) is 3.64. The van der Waals surface area contributed by atoms with E-state index in [4.69, 9.17) is 5.26 Å². The molecule has 1 aromatic heterocycles. The molecule has 1 saturated carbocycles. The van der Waals surface area contributed by atoms with Crippen molar-refractivity contribution in [3.8, 4) is 11.8 Å². The molecular formula is C17H16N2O. The molecule has 0 N–H and O–H groups in total. The number of nitrogens with zero attached hydrogens (tertiary/aromatic N) is 2. The first-order valence-electron chi connectivity index (χ1n) is 6.94. The Hall–Kier alpha value is -2.34. The Morgan fingerprint density at radius 1 is 1.20 bits per heavy atom. The van der Waals surface area contributed by atoms with Crippen LogP contribution >= 0.6 is 0 Å². The van der Waals surface area contributed by atoms with Crippen molar-refractivity contribution in [2.24, 2.45) is 5.92 Å². The SMILES string of the molecule is Cc1ccc(C(=O)C2CCC2)n1-c1ccc(C#N)cc1. The van der Waals surface area contributed by atoms with Crippen molar-refractivity contribution in [2.45, 2.75) is 26.2 Å². The van der Waals surface area contributed by atoms with Crippen LogP contribution in [0.2, 0.25) is 0 Å². The Bertz CT molecular complexity index is 685. The van der Waals surface area contributed by atoms with Gasteiger partial charge in [0.05, 0.1) is 17.3 Å². The summed E-state index contributed by atoms with van der Waals surface area (Å²) in [5.41, 5.74) is 3.37. The van der Waals surface area contributed by atoms with Crippen molar-refractivity contribution in [1.82, 2.24) is 4.57 Å². The summed E-state index contributed by atoms with van der Waals surface area (Å²) >= 11 is 0. The molecule has 0 amide bonds. The van der Waals surface area contributed by atoms with E-state index in [1.807, 2.05) is 35.8 Å². The second kappa shape index (κ2) is 4.97. The molecule has 3 nitrogen and oxygen atoms in total. The van der Waals surface area contributed by atoms with Crippen molar-refractivity contribution in [1.29, 1.82) is 5.26 Å². The summed E-state index contributed by atoms with van der Waals surface area (Å²) in [5.74, 6) is 0.440. The highest BCUT2D eigenvalue weighted by Gasteiger charge is 2.28. The molecule has 0 radical (unpaired) electrons. The van der Waals surface area contributed by atoms with Gasteiger partial charge in [-0.25, -0.2) is 0 Å². The third-order valence-electron chi connectivity index (χ3n) is 4.06. The fraction of sp³-hybridized carbons (Fsp3) is 0.294. The lowest BCUT2D eigenvalue weighted by Gasteiger charge is -2.24. The molecule has 1 heterocycles. The Balaban J connectivity index is 2.01. The summed E-state index contributed by atoms with van der Waals surface area (Å²) in [5, 5.41) is 8.86. The van der Waals surface area contributed by atoms with Crippen molar-refractivity contribution in [3.63, 3.8) is 0 Å². The van der Waals surface area contributed by atoms with E-state index < -0.39 is 0 Å². The molecule has 0 aliphatic heterocycles. The summed E-state index contributed by atoms with van der Waals surface area (Å²) in [6.07, 6.45) is 3.18. The average Bonchev–Trinajstić information content (AvgIpc) is 2.79. The number of nitriles is 1. The molecule has 0 saturated heterocycles. The quantitative estimate of drug-likeness (QED) is 0.794. The van der Waals surface area contributed by atoms with Crippen LogP contribution in [0, 0.1) is 24.2 Å². The van der Waals surface area contributed by atoms with Crippen LogP contribution in [0.15, 0.2) is 36.4 Å². The molecule has 1 aliphatic carbocycles. The fourth-order valence-electron chi connectivity index (χ4n) is 2.64. The highest BCUT2D eigenvalue weighted by Crippen LogP contribution is 2.31. The lowest BCUT2D eigenvalue weighted by Crippen LogP contribution is -2.24. The summed E-state index contributed by atoms with van der Waals surface area (Å²) in [6.45, 7) is 2.00. The molecule has 0 unspecified atom stereocenters. The van der Waals surface area contributed by atoms with E-state index in [-0.39, 0.29) is 11.7 Å². The van der Waals surface area contributed by atoms with Gasteiger partial charge in [-0.2, -0.15) is 5.26 Å². The first kappa shape index (κ1) is 12.7. The second-order valence-electron chi connectivity index (χ2n) is 5.35. The van der Waals surface area contributed by atoms with Crippen LogP contribution in [-0.2, 0) is 0 Å². The Morgan fingerprint density at radius 3 is 2.45 bits per heavy atom. The van der Waals surface area contributed by atoms with E-state index in [0.717, 1.165) is 36.3 Å². The molecule has 3 heteroatoms. The number of rotatable bonds is 3. The van der Waals surface area contributed by atoms with Crippen LogP contribution in [0.1, 0.15) is 41.0 Å². The highest BCUT2D eigenvalue weighted by atomic mass is 16.1. The van der Waals surface area contributed by atoms with Crippen LogP contribution in [-0.4, -0.2) is 10.4 Å². The van der Waals surface area contributed by atoms with Gasteiger partial charge in [0.15, 0.2) is 5.78 Å². The third kappa shape index (κ3) is 2.04. The number of Topliss-reactive ketones (excluding diaryl/α,β-unsaturated/α-hetero) is 1. The van der Waals surface area contributed by atoms with E-state index in [1.165, 1.54) is 0 Å². The molecule has 1 aliphatic rings. The van der Waals surface area contributed by atoms with Crippen LogP contribution in [0.4, 0.5) is 0 Å². The van der Waals surface area contributed by atoms with Crippen LogP contribution in [0.3, 0.4) is 0 Å².